The average Bonchev–Trinajstić information content (AvgIpc) is 3.37. The SMILES string of the molecule is [N-]=[N+]=NCCCNC(=O)[C@@H](Cc1ccc(O)c(Br)c1)NC(=O)[C@@H](Cc1ccccc1)NC(=O)CCC(=O)NCCCCCC(=O)N(CCCC[C@H](NC(=O)N[C@@H](CCC(=O)O)C(=O)O)C(=O)O)Cc1ccc(Br)cc1. The maximum atomic E-state index is 13.9. The summed E-state index contributed by atoms with van der Waals surface area (Å²) >= 11 is 6.67. The van der Waals surface area contributed by atoms with Crippen LogP contribution in [0.2, 0.25) is 0 Å². The van der Waals surface area contributed by atoms with Crippen molar-refractivity contribution in [3.63, 3.8) is 0 Å². The first kappa shape index (κ1) is 62.1. The van der Waals surface area contributed by atoms with Crippen LogP contribution in [0.25, 0.3) is 10.4 Å². The highest BCUT2D eigenvalue weighted by atomic mass is 79.9. The highest BCUT2D eigenvalue weighted by Crippen LogP contribution is 2.25. The molecule has 25 heteroatoms. The molecule has 406 valence electrons. The van der Waals surface area contributed by atoms with Gasteiger partial charge in [-0.1, -0.05) is 76.0 Å². The Morgan fingerprint density at radius 2 is 1.23 bits per heavy atom. The molecule has 0 aliphatic rings. The van der Waals surface area contributed by atoms with Crippen molar-refractivity contribution in [1.82, 2.24) is 36.8 Å². The molecular weight excluding hydrogens is 1110 g/mol. The Balaban J connectivity index is 1.50. The van der Waals surface area contributed by atoms with Gasteiger partial charge in [0.1, 0.15) is 29.9 Å². The lowest BCUT2D eigenvalue weighted by Crippen LogP contribution is -2.55. The normalized spacial score (nSPS) is 12.3. The molecule has 0 fully saturated rings. The lowest BCUT2D eigenvalue weighted by molar-refractivity contribution is -0.141. The van der Waals surface area contributed by atoms with Crippen LogP contribution in [0.4, 0.5) is 4.79 Å². The second-order valence-electron chi connectivity index (χ2n) is 17.4. The number of halogens is 2. The van der Waals surface area contributed by atoms with E-state index in [4.69, 9.17) is 10.6 Å². The van der Waals surface area contributed by atoms with Crippen molar-refractivity contribution in [1.29, 1.82) is 0 Å². The van der Waals surface area contributed by atoms with Crippen molar-refractivity contribution in [3.8, 4) is 5.75 Å². The number of nitrogens with one attached hydrogen (secondary N) is 6. The molecule has 0 aromatic heterocycles. The van der Waals surface area contributed by atoms with E-state index in [2.05, 4.69) is 73.8 Å². The van der Waals surface area contributed by atoms with Gasteiger partial charge < -0.3 is 57.2 Å². The molecule has 0 aliphatic heterocycles. The van der Waals surface area contributed by atoms with E-state index in [1.807, 2.05) is 24.3 Å². The van der Waals surface area contributed by atoms with Crippen LogP contribution in [-0.2, 0) is 57.7 Å². The number of hydrogen-bond donors (Lipinski definition) is 10. The number of nitrogens with zero attached hydrogens (tertiary/aromatic N) is 4. The zero-order valence-corrected chi connectivity index (χ0v) is 44.4. The Bertz CT molecular complexity index is 2450. The third-order valence-electron chi connectivity index (χ3n) is 11.4. The van der Waals surface area contributed by atoms with Crippen molar-refractivity contribution >= 4 is 85.3 Å². The number of azide groups is 1. The van der Waals surface area contributed by atoms with Gasteiger partial charge in [-0.2, -0.15) is 0 Å². The molecule has 75 heavy (non-hydrogen) atoms. The number of phenolic OH excluding ortho intramolecular Hbond substituents is 1. The Morgan fingerprint density at radius 1 is 0.600 bits per heavy atom. The van der Waals surface area contributed by atoms with Crippen LogP contribution in [0.3, 0.4) is 0 Å². The van der Waals surface area contributed by atoms with Gasteiger partial charge in [-0.25, -0.2) is 14.4 Å². The molecule has 0 spiro atoms. The summed E-state index contributed by atoms with van der Waals surface area (Å²) in [6.45, 7) is 1.15. The molecule has 0 radical (unpaired) electrons. The van der Waals surface area contributed by atoms with Crippen LogP contribution < -0.4 is 31.9 Å². The highest BCUT2D eigenvalue weighted by Gasteiger charge is 2.29. The third kappa shape index (κ3) is 25.5. The Kier molecular flexibility index (Phi) is 28.4. The van der Waals surface area contributed by atoms with Crippen molar-refractivity contribution in [3.05, 3.63) is 109 Å². The van der Waals surface area contributed by atoms with Crippen LogP contribution in [-0.4, -0.2) is 129 Å². The molecule has 4 atom stereocenters. The molecule has 3 aromatic rings. The molecule has 23 nitrogen and oxygen atoms in total. The van der Waals surface area contributed by atoms with Gasteiger partial charge in [0.2, 0.25) is 29.5 Å². The molecule has 0 unspecified atom stereocenters. The number of carbonyl (C=O) groups excluding carboxylic acids is 6. The molecule has 3 rings (SSSR count). The van der Waals surface area contributed by atoms with E-state index in [-0.39, 0.29) is 89.3 Å². The minimum absolute atomic E-state index is 0.0132. The largest absolute Gasteiger partial charge is 0.507 e. The summed E-state index contributed by atoms with van der Waals surface area (Å²) in [6, 6.07) is 14.8. The van der Waals surface area contributed by atoms with Crippen LogP contribution in [0.5, 0.6) is 5.75 Å². The number of benzene rings is 3. The first-order valence-electron chi connectivity index (χ1n) is 24.3. The first-order chi connectivity index (χ1) is 35.8. The van der Waals surface area contributed by atoms with Gasteiger partial charge in [0.05, 0.1) is 4.47 Å². The monoisotopic (exact) mass is 1170 g/mol. The zero-order valence-electron chi connectivity index (χ0n) is 41.2. The number of carboxylic acid groups (broad SMARTS) is 3. The number of unbranched alkanes of at least 4 members (excludes halogenated alkanes) is 3. The quantitative estimate of drug-likeness (QED) is 0.0157. The van der Waals surface area contributed by atoms with E-state index in [0.717, 1.165) is 15.6 Å². The molecule has 0 bridgehead atoms. The molecular formula is C50H64Br2N10O13. The number of aliphatic carboxylic acids is 3. The van der Waals surface area contributed by atoms with E-state index < -0.39 is 84.6 Å². The maximum Gasteiger partial charge on any atom is 0.326 e. The fraction of sp³-hybridized carbons (Fsp3) is 0.460. The minimum Gasteiger partial charge on any atom is -0.507 e. The van der Waals surface area contributed by atoms with Gasteiger partial charge in [-0.05, 0) is 107 Å². The van der Waals surface area contributed by atoms with Gasteiger partial charge in [-0.3, -0.25) is 28.8 Å². The summed E-state index contributed by atoms with van der Waals surface area (Å²) in [5, 5.41) is 56.7. The Hall–Kier alpha value is -7.24. The second kappa shape index (κ2) is 34.3. The number of hydrogen-bond acceptors (Lipinski definition) is 11. The van der Waals surface area contributed by atoms with Crippen LogP contribution in [0.1, 0.15) is 93.7 Å². The molecule has 0 aliphatic carbocycles. The molecule has 3 aromatic carbocycles. The summed E-state index contributed by atoms with van der Waals surface area (Å²) < 4.78 is 1.24. The van der Waals surface area contributed by atoms with Crippen molar-refractivity contribution in [2.75, 3.05) is 26.2 Å². The fourth-order valence-electron chi connectivity index (χ4n) is 7.42. The van der Waals surface area contributed by atoms with Crippen LogP contribution in [0, 0.1) is 0 Å². The third-order valence-corrected chi connectivity index (χ3v) is 12.6. The molecule has 0 saturated heterocycles. The predicted molar refractivity (Wildman–Crippen MR) is 281 cm³/mol. The van der Waals surface area contributed by atoms with Gasteiger partial charge in [0, 0.05) is 80.6 Å². The van der Waals surface area contributed by atoms with Crippen molar-refractivity contribution in [2.24, 2.45) is 5.11 Å². The number of rotatable bonds is 35. The number of aromatic hydroxyl groups is 1. The van der Waals surface area contributed by atoms with E-state index in [0.29, 0.717) is 42.1 Å². The standard InChI is InChI=1S/C50H64Br2N10O13/c51-35-17-14-33(15-18-35)31-62(27-8-6-12-37(48(71)72)59-50(75)60-38(49(73)74)19-23-45(67)68)44(66)13-5-2-7-24-54-42(64)21-22-43(65)57-40(29-32-10-3-1-4-11-32)47(70)58-39(46(69)55-25-9-26-56-61-53)30-34-16-20-41(63)36(52)28-34/h1,3-4,10-11,14-18,20,28,37-40,63H,2,5-9,12-13,19,21-27,29-31H2,(H,54,64)(H,55,69)(H,57,65)(H,58,70)(H,67,68)(H,71,72)(H,73,74)(H2,59,60,75)/t37-,38-,39+,40+/m0/s1. The topological polar surface area (TPSA) is 359 Å². The van der Waals surface area contributed by atoms with Crippen LogP contribution in [0.15, 0.2) is 86.9 Å². The molecule has 0 saturated carbocycles. The Labute approximate surface area is 450 Å². The lowest BCUT2D eigenvalue weighted by Gasteiger charge is -2.24. The van der Waals surface area contributed by atoms with E-state index in [1.165, 1.54) is 6.07 Å². The number of urea groups is 1. The summed E-state index contributed by atoms with van der Waals surface area (Å²) in [4.78, 5) is 118. The second-order valence-corrected chi connectivity index (χ2v) is 19.2. The molecule has 0 heterocycles. The molecule has 7 amide bonds. The van der Waals surface area contributed by atoms with Gasteiger partial charge in [0.25, 0.3) is 0 Å². The first-order valence-corrected chi connectivity index (χ1v) is 25.9. The summed E-state index contributed by atoms with van der Waals surface area (Å²) in [6.07, 6.45) is 1.54. The van der Waals surface area contributed by atoms with Crippen molar-refractivity contribution in [2.45, 2.75) is 121 Å². The summed E-state index contributed by atoms with van der Waals surface area (Å²) in [5.74, 6) is -6.39. The van der Waals surface area contributed by atoms with Crippen molar-refractivity contribution < 1.29 is 63.6 Å². The number of carbonyl (C=O) groups is 9. The highest BCUT2D eigenvalue weighted by molar-refractivity contribution is 9.10. The van der Waals surface area contributed by atoms with Gasteiger partial charge in [0.15, 0.2) is 0 Å². The predicted octanol–water partition coefficient (Wildman–Crippen LogP) is 5.21. The minimum atomic E-state index is -1.54. The number of phenols is 1. The summed E-state index contributed by atoms with van der Waals surface area (Å²) in [5.41, 5.74) is 10.8. The van der Waals surface area contributed by atoms with E-state index in [1.54, 1.807) is 47.4 Å². The number of amides is 7. The smallest absolute Gasteiger partial charge is 0.326 e. The molecule has 10 N–H and O–H groups in total. The van der Waals surface area contributed by atoms with E-state index in [9.17, 15) is 58.5 Å². The maximum absolute atomic E-state index is 13.9. The number of carboxylic acids is 3. The van der Waals surface area contributed by atoms with Gasteiger partial charge >= 0.3 is 23.9 Å². The van der Waals surface area contributed by atoms with Gasteiger partial charge in [-0.15, -0.1) is 0 Å². The fourth-order valence-corrected chi connectivity index (χ4v) is 8.11. The average molecular weight is 1170 g/mol. The van der Waals surface area contributed by atoms with E-state index >= 15 is 0 Å². The Morgan fingerprint density at radius 3 is 1.88 bits per heavy atom. The summed E-state index contributed by atoms with van der Waals surface area (Å²) in [7, 11) is 0. The van der Waals surface area contributed by atoms with Crippen LogP contribution >= 0.6 is 31.9 Å². The zero-order chi connectivity index (χ0) is 55.1. The lowest BCUT2D eigenvalue weighted by atomic mass is 10.0.